The molecule has 2 aromatic rings. The Hall–Kier alpha value is -2.52. The molecule has 1 N–H and O–H groups in total. The van der Waals surface area contributed by atoms with Crippen LogP contribution in [0.15, 0.2) is 41.8 Å². The van der Waals surface area contributed by atoms with E-state index in [0.717, 1.165) is 37.1 Å². The summed E-state index contributed by atoms with van der Waals surface area (Å²) in [5, 5.41) is 3.61. The molecule has 1 aliphatic heterocycles. The largest absolute Gasteiger partial charge is 0.378 e. The van der Waals surface area contributed by atoms with Crippen LogP contribution in [0.4, 0.5) is 11.4 Å². The minimum atomic E-state index is -0.225. The number of amides is 2. The molecule has 0 saturated carbocycles. The number of morpholine rings is 1. The standard InChI is InChI=1S/C19H25N5O3S/c1-22-8-7-20-19(22)28-14-18(26)23(2)13-17(25)21-15-3-5-16(6-4-15)24-9-11-27-12-10-24/h3-8H,9-14H2,1-2H3,(H,21,25). The first kappa shape index (κ1) is 20.2. The first-order chi connectivity index (χ1) is 13.5. The van der Waals surface area contributed by atoms with E-state index in [-0.39, 0.29) is 24.1 Å². The van der Waals surface area contributed by atoms with Gasteiger partial charge in [-0.3, -0.25) is 9.59 Å². The highest BCUT2D eigenvalue weighted by molar-refractivity contribution is 7.99. The number of hydrogen-bond donors (Lipinski definition) is 1. The van der Waals surface area contributed by atoms with Gasteiger partial charge in [-0.05, 0) is 24.3 Å². The molecule has 0 radical (unpaired) electrons. The highest BCUT2D eigenvalue weighted by atomic mass is 32.2. The molecule has 2 heterocycles. The average Bonchev–Trinajstić information content (AvgIpc) is 3.12. The second-order valence-electron chi connectivity index (χ2n) is 6.55. The lowest BCUT2D eigenvalue weighted by molar-refractivity contribution is -0.131. The first-order valence-corrected chi connectivity index (χ1v) is 10.1. The third kappa shape index (κ3) is 5.49. The van der Waals surface area contributed by atoms with Crippen LogP contribution < -0.4 is 10.2 Å². The van der Waals surface area contributed by atoms with Gasteiger partial charge in [0.2, 0.25) is 11.8 Å². The van der Waals surface area contributed by atoms with Crippen molar-refractivity contribution in [3.63, 3.8) is 0 Å². The van der Waals surface area contributed by atoms with Crippen molar-refractivity contribution in [1.82, 2.24) is 14.5 Å². The lowest BCUT2D eigenvalue weighted by Gasteiger charge is -2.28. The van der Waals surface area contributed by atoms with Crippen molar-refractivity contribution >= 4 is 35.0 Å². The van der Waals surface area contributed by atoms with Crippen LogP contribution in [0.25, 0.3) is 0 Å². The van der Waals surface area contributed by atoms with Crippen molar-refractivity contribution in [2.24, 2.45) is 7.05 Å². The van der Waals surface area contributed by atoms with E-state index in [9.17, 15) is 9.59 Å². The summed E-state index contributed by atoms with van der Waals surface area (Å²) in [5.41, 5.74) is 1.82. The minimum absolute atomic E-state index is 0.00513. The van der Waals surface area contributed by atoms with Crippen LogP contribution >= 0.6 is 11.8 Å². The number of hydrogen-bond acceptors (Lipinski definition) is 6. The van der Waals surface area contributed by atoms with Gasteiger partial charge in [0.1, 0.15) is 0 Å². The zero-order valence-electron chi connectivity index (χ0n) is 16.1. The number of nitrogens with one attached hydrogen (secondary N) is 1. The van der Waals surface area contributed by atoms with E-state index < -0.39 is 0 Å². The van der Waals surface area contributed by atoms with Gasteiger partial charge in [-0.15, -0.1) is 0 Å². The van der Waals surface area contributed by atoms with E-state index in [2.05, 4.69) is 15.2 Å². The zero-order valence-corrected chi connectivity index (χ0v) is 16.9. The lowest BCUT2D eigenvalue weighted by atomic mass is 10.2. The Morgan fingerprint density at radius 1 is 1.25 bits per heavy atom. The predicted molar refractivity (Wildman–Crippen MR) is 110 cm³/mol. The number of aryl methyl sites for hydroxylation is 1. The summed E-state index contributed by atoms with van der Waals surface area (Å²) in [6, 6.07) is 7.72. The van der Waals surface area contributed by atoms with Crippen molar-refractivity contribution < 1.29 is 14.3 Å². The molecule has 9 heteroatoms. The Kier molecular flexibility index (Phi) is 6.94. The molecule has 1 aromatic heterocycles. The third-order valence-corrected chi connectivity index (χ3v) is 5.48. The van der Waals surface area contributed by atoms with Crippen molar-refractivity contribution in [2.75, 3.05) is 55.9 Å². The molecule has 0 atom stereocenters. The molecular weight excluding hydrogens is 378 g/mol. The van der Waals surface area contributed by atoms with Crippen molar-refractivity contribution in [1.29, 1.82) is 0 Å². The SMILES string of the molecule is CN(CC(=O)Nc1ccc(N2CCOCC2)cc1)C(=O)CSc1nccn1C. The molecule has 8 nitrogen and oxygen atoms in total. The van der Waals surface area contributed by atoms with E-state index >= 15 is 0 Å². The second kappa shape index (κ2) is 9.61. The van der Waals surface area contributed by atoms with Gasteiger partial charge < -0.3 is 24.4 Å². The van der Waals surface area contributed by atoms with Gasteiger partial charge in [0.25, 0.3) is 0 Å². The predicted octanol–water partition coefficient (Wildman–Crippen LogP) is 1.45. The van der Waals surface area contributed by atoms with Gasteiger partial charge in [-0.2, -0.15) is 0 Å². The number of nitrogens with zero attached hydrogens (tertiary/aromatic N) is 4. The monoisotopic (exact) mass is 403 g/mol. The smallest absolute Gasteiger partial charge is 0.243 e. The van der Waals surface area contributed by atoms with E-state index in [0.29, 0.717) is 5.69 Å². The Morgan fingerprint density at radius 2 is 1.96 bits per heavy atom. The normalized spacial score (nSPS) is 14.0. The zero-order chi connectivity index (χ0) is 19.9. The highest BCUT2D eigenvalue weighted by Gasteiger charge is 2.15. The molecule has 0 aliphatic carbocycles. The Bertz CT molecular complexity index is 802. The minimum Gasteiger partial charge on any atom is -0.378 e. The number of ether oxygens (including phenoxy) is 1. The fraction of sp³-hybridized carbons (Fsp3) is 0.421. The summed E-state index contributed by atoms with van der Waals surface area (Å²) in [4.78, 5) is 32.3. The lowest BCUT2D eigenvalue weighted by Crippen LogP contribution is -2.36. The summed E-state index contributed by atoms with van der Waals surface area (Å²) in [7, 11) is 3.50. The first-order valence-electron chi connectivity index (χ1n) is 9.09. The van der Waals surface area contributed by atoms with Crippen molar-refractivity contribution in [3.05, 3.63) is 36.7 Å². The molecule has 28 heavy (non-hydrogen) atoms. The second-order valence-corrected chi connectivity index (χ2v) is 7.50. The van der Waals surface area contributed by atoms with Crippen LogP contribution in [0.3, 0.4) is 0 Å². The summed E-state index contributed by atoms with van der Waals surface area (Å²) >= 11 is 1.35. The van der Waals surface area contributed by atoms with Crippen LogP contribution in [0.2, 0.25) is 0 Å². The average molecular weight is 404 g/mol. The van der Waals surface area contributed by atoms with Crippen LogP contribution in [-0.2, 0) is 21.4 Å². The molecule has 1 fully saturated rings. The van der Waals surface area contributed by atoms with Crippen molar-refractivity contribution in [2.45, 2.75) is 5.16 Å². The molecule has 2 amide bonds. The number of likely N-dealkylation sites (N-methyl/N-ethyl adjacent to an activating group) is 1. The fourth-order valence-electron chi connectivity index (χ4n) is 2.81. The summed E-state index contributed by atoms with van der Waals surface area (Å²) < 4.78 is 7.21. The van der Waals surface area contributed by atoms with Gasteiger partial charge in [0, 0.05) is 51.0 Å². The number of anilines is 2. The topological polar surface area (TPSA) is 79.7 Å². The number of aromatic nitrogens is 2. The van der Waals surface area contributed by atoms with Gasteiger partial charge in [-0.1, -0.05) is 11.8 Å². The van der Waals surface area contributed by atoms with Crippen LogP contribution in [0, 0.1) is 0 Å². The molecule has 0 bridgehead atoms. The van der Waals surface area contributed by atoms with E-state index in [1.165, 1.54) is 16.7 Å². The maximum absolute atomic E-state index is 12.2. The van der Waals surface area contributed by atoms with E-state index in [1.54, 1.807) is 13.2 Å². The maximum Gasteiger partial charge on any atom is 0.243 e. The quantitative estimate of drug-likeness (QED) is 0.705. The molecule has 0 spiro atoms. The number of imidazole rings is 1. The molecule has 1 aliphatic rings. The summed E-state index contributed by atoms with van der Waals surface area (Å²) in [5.74, 6) is -0.106. The van der Waals surface area contributed by atoms with Crippen LogP contribution in [0.5, 0.6) is 0 Å². The molecule has 1 aromatic carbocycles. The third-order valence-electron chi connectivity index (χ3n) is 4.44. The molecule has 0 unspecified atom stereocenters. The Balaban J connectivity index is 1.45. The van der Waals surface area contributed by atoms with Crippen LogP contribution in [0.1, 0.15) is 0 Å². The van der Waals surface area contributed by atoms with Gasteiger partial charge in [-0.25, -0.2) is 4.98 Å². The van der Waals surface area contributed by atoms with Crippen molar-refractivity contribution in [3.8, 4) is 0 Å². The maximum atomic E-state index is 12.2. The molecule has 1 saturated heterocycles. The van der Waals surface area contributed by atoms with Crippen LogP contribution in [-0.4, -0.2) is 71.9 Å². The molecule has 150 valence electrons. The Labute approximate surface area is 168 Å². The Morgan fingerprint density at radius 3 is 2.61 bits per heavy atom. The highest BCUT2D eigenvalue weighted by Crippen LogP contribution is 2.19. The van der Waals surface area contributed by atoms with E-state index in [4.69, 9.17) is 4.74 Å². The number of carbonyl (C=O) groups excluding carboxylic acids is 2. The van der Waals surface area contributed by atoms with Gasteiger partial charge >= 0.3 is 0 Å². The number of benzene rings is 1. The summed E-state index contributed by atoms with van der Waals surface area (Å²) in [6.07, 6.45) is 3.52. The fourth-order valence-corrected chi connectivity index (χ4v) is 3.68. The van der Waals surface area contributed by atoms with Gasteiger partial charge in [0.15, 0.2) is 5.16 Å². The number of rotatable bonds is 7. The van der Waals surface area contributed by atoms with Gasteiger partial charge in [0.05, 0.1) is 25.5 Å². The van der Waals surface area contributed by atoms with E-state index in [1.807, 2.05) is 42.1 Å². The summed E-state index contributed by atoms with van der Waals surface area (Å²) in [6.45, 7) is 3.21. The molecular formula is C19H25N5O3S. The molecule has 3 rings (SSSR count). The number of carbonyl (C=O) groups is 2. The number of thioether (sulfide) groups is 1.